The topological polar surface area (TPSA) is 42.2 Å². The van der Waals surface area contributed by atoms with Crippen LogP contribution >= 0.6 is 0 Å². The third-order valence-corrected chi connectivity index (χ3v) is 3.62. The van der Waals surface area contributed by atoms with Crippen LogP contribution in [-0.2, 0) is 0 Å². The Balaban J connectivity index is 2.12. The molecule has 17 heavy (non-hydrogen) atoms. The van der Waals surface area contributed by atoms with Gasteiger partial charge in [-0.1, -0.05) is 6.42 Å². The first-order valence-corrected chi connectivity index (χ1v) is 6.29. The number of halogens is 1. The number of rotatable bonds is 3. The van der Waals surface area contributed by atoms with Crippen molar-refractivity contribution in [3.63, 3.8) is 0 Å². The first-order chi connectivity index (χ1) is 8.22. The lowest BCUT2D eigenvalue weighted by Crippen LogP contribution is -2.45. The highest BCUT2D eigenvalue weighted by Gasteiger charge is 2.26. The van der Waals surface area contributed by atoms with Crippen molar-refractivity contribution in [2.75, 3.05) is 13.1 Å². The highest BCUT2D eigenvalue weighted by Crippen LogP contribution is 2.26. The predicted octanol–water partition coefficient (Wildman–Crippen LogP) is 2.09. The summed E-state index contributed by atoms with van der Waals surface area (Å²) in [6.45, 7) is 3.86. The molecule has 1 aromatic rings. The summed E-state index contributed by atoms with van der Waals surface area (Å²) in [6, 6.07) is 3.89. The standard InChI is InChI=1S/C13H20FN3/c1-10(13-6-5-11(14)9-16-13)17-7-3-2-4-12(17)8-15/h5-6,9-10,12H,2-4,7-8,15H2,1H3. The molecule has 4 heteroatoms. The molecule has 3 nitrogen and oxygen atoms in total. The largest absolute Gasteiger partial charge is 0.329 e. The minimum atomic E-state index is -0.282. The Hall–Kier alpha value is -1.00. The summed E-state index contributed by atoms with van der Waals surface area (Å²) in [5, 5.41) is 0. The molecule has 0 bridgehead atoms. The lowest BCUT2D eigenvalue weighted by molar-refractivity contribution is 0.106. The Bertz CT molecular complexity index is 352. The van der Waals surface area contributed by atoms with Crippen molar-refractivity contribution in [2.24, 2.45) is 5.73 Å². The summed E-state index contributed by atoms with van der Waals surface area (Å²) in [5.74, 6) is -0.282. The average Bonchev–Trinajstić information content (AvgIpc) is 2.39. The van der Waals surface area contributed by atoms with E-state index in [0.29, 0.717) is 12.6 Å². The van der Waals surface area contributed by atoms with Crippen LogP contribution in [0.1, 0.15) is 37.9 Å². The van der Waals surface area contributed by atoms with Crippen LogP contribution in [0.25, 0.3) is 0 Å². The lowest BCUT2D eigenvalue weighted by Gasteiger charge is -2.39. The molecular weight excluding hydrogens is 217 g/mol. The molecule has 1 aliphatic rings. The molecule has 2 heterocycles. The van der Waals surface area contributed by atoms with Crippen molar-refractivity contribution < 1.29 is 4.39 Å². The van der Waals surface area contributed by atoms with Gasteiger partial charge >= 0.3 is 0 Å². The van der Waals surface area contributed by atoms with Gasteiger partial charge in [0, 0.05) is 18.6 Å². The van der Waals surface area contributed by atoms with Gasteiger partial charge in [0.05, 0.1) is 11.9 Å². The van der Waals surface area contributed by atoms with E-state index in [2.05, 4.69) is 16.8 Å². The van der Waals surface area contributed by atoms with Gasteiger partial charge in [0.25, 0.3) is 0 Å². The Kier molecular flexibility index (Phi) is 4.07. The number of nitrogens with two attached hydrogens (primary N) is 1. The van der Waals surface area contributed by atoms with Gasteiger partial charge in [0.15, 0.2) is 0 Å². The molecule has 1 aromatic heterocycles. The van der Waals surface area contributed by atoms with E-state index < -0.39 is 0 Å². The monoisotopic (exact) mass is 237 g/mol. The fourth-order valence-electron chi connectivity index (χ4n) is 2.59. The quantitative estimate of drug-likeness (QED) is 0.875. The smallest absolute Gasteiger partial charge is 0.141 e. The van der Waals surface area contributed by atoms with Crippen molar-refractivity contribution in [2.45, 2.75) is 38.3 Å². The molecular formula is C13H20FN3. The van der Waals surface area contributed by atoms with Crippen molar-refractivity contribution in [1.29, 1.82) is 0 Å². The summed E-state index contributed by atoms with van der Waals surface area (Å²) in [5.41, 5.74) is 6.73. The van der Waals surface area contributed by atoms with Gasteiger partial charge < -0.3 is 5.73 Å². The molecule has 0 aromatic carbocycles. The summed E-state index contributed by atoms with van der Waals surface area (Å²) < 4.78 is 12.8. The van der Waals surface area contributed by atoms with Gasteiger partial charge in [-0.05, 0) is 38.4 Å². The number of aromatic nitrogens is 1. The Labute approximate surface area is 102 Å². The average molecular weight is 237 g/mol. The van der Waals surface area contributed by atoms with E-state index >= 15 is 0 Å². The lowest BCUT2D eigenvalue weighted by atomic mass is 9.99. The molecule has 0 amide bonds. The van der Waals surface area contributed by atoms with Crippen molar-refractivity contribution >= 4 is 0 Å². The van der Waals surface area contributed by atoms with E-state index in [1.807, 2.05) is 0 Å². The van der Waals surface area contributed by atoms with Crippen LogP contribution in [-0.4, -0.2) is 29.0 Å². The normalized spacial score (nSPS) is 23.6. The van der Waals surface area contributed by atoms with Crippen LogP contribution in [0.4, 0.5) is 4.39 Å². The minimum Gasteiger partial charge on any atom is -0.329 e. The summed E-state index contributed by atoms with van der Waals surface area (Å²) in [6.07, 6.45) is 4.90. The molecule has 1 aliphatic heterocycles. The molecule has 94 valence electrons. The highest BCUT2D eigenvalue weighted by molar-refractivity contribution is 5.10. The second-order valence-electron chi connectivity index (χ2n) is 4.70. The molecule has 2 atom stereocenters. The van der Waals surface area contributed by atoms with E-state index in [4.69, 9.17) is 5.73 Å². The number of likely N-dealkylation sites (tertiary alicyclic amines) is 1. The molecule has 1 saturated heterocycles. The van der Waals surface area contributed by atoms with Gasteiger partial charge in [-0.25, -0.2) is 4.39 Å². The minimum absolute atomic E-state index is 0.212. The van der Waals surface area contributed by atoms with Gasteiger partial charge in [0.2, 0.25) is 0 Å². The van der Waals surface area contributed by atoms with Gasteiger partial charge in [-0.2, -0.15) is 0 Å². The fraction of sp³-hybridized carbons (Fsp3) is 0.615. The fourth-order valence-corrected chi connectivity index (χ4v) is 2.59. The SMILES string of the molecule is CC(c1ccc(F)cn1)N1CCCCC1CN. The van der Waals surface area contributed by atoms with Gasteiger partial charge in [0.1, 0.15) is 5.82 Å². The molecule has 2 unspecified atom stereocenters. The van der Waals surface area contributed by atoms with Gasteiger partial charge in [-0.3, -0.25) is 9.88 Å². The summed E-state index contributed by atoms with van der Waals surface area (Å²) >= 11 is 0. The number of piperidine rings is 1. The van der Waals surface area contributed by atoms with Crippen LogP contribution in [0.3, 0.4) is 0 Å². The second-order valence-corrected chi connectivity index (χ2v) is 4.70. The zero-order valence-electron chi connectivity index (χ0n) is 10.3. The molecule has 2 rings (SSSR count). The Morgan fingerprint density at radius 2 is 2.35 bits per heavy atom. The van der Waals surface area contributed by atoms with Crippen LogP contribution in [0.5, 0.6) is 0 Å². The van der Waals surface area contributed by atoms with Crippen LogP contribution in [0.15, 0.2) is 18.3 Å². The second kappa shape index (κ2) is 5.56. The Morgan fingerprint density at radius 3 is 3.00 bits per heavy atom. The van der Waals surface area contributed by atoms with E-state index in [1.54, 1.807) is 6.07 Å². The van der Waals surface area contributed by atoms with E-state index in [-0.39, 0.29) is 11.9 Å². The van der Waals surface area contributed by atoms with Crippen molar-refractivity contribution in [3.05, 3.63) is 29.8 Å². The number of hydrogen-bond donors (Lipinski definition) is 1. The van der Waals surface area contributed by atoms with E-state index in [1.165, 1.54) is 25.1 Å². The third-order valence-electron chi connectivity index (χ3n) is 3.62. The zero-order valence-corrected chi connectivity index (χ0v) is 10.3. The Morgan fingerprint density at radius 1 is 1.53 bits per heavy atom. The molecule has 1 fully saturated rings. The van der Waals surface area contributed by atoms with Crippen molar-refractivity contribution in [3.8, 4) is 0 Å². The van der Waals surface area contributed by atoms with Crippen LogP contribution in [0, 0.1) is 5.82 Å². The van der Waals surface area contributed by atoms with E-state index in [9.17, 15) is 4.39 Å². The molecule has 0 saturated carbocycles. The predicted molar refractivity (Wildman–Crippen MR) is 66.0 cm³/mol. The highest BCUT2D eigenvalue weighted by atomic mass is 19.1. The number of nitrogens with zero attached hydrogens (tertiary/aromatic N) is 2. The van der Waals surface area contributed by atoms with Gasteiger partial charge in [-0.15, -0.1) is 0 Å². The third kappa shape index (κ3) is 2.82. The summed E-state index contributed by atoms with van der Waals surface area (Å²) in [7, 11) is 0. The maximum absolute atomic E-state index is 12.8. The number of hydrogen-bond acceptors (Lipinski definition) is 3. The summed E-state index contributed by atoms with van der Waals surface area (Å²) in [4.78, 5) is 6.56. The van der Waals surface area contributed by atoms with Crippen LogP contribution < -0.4 is 5.73 Å². The van der Waals surface area contributed by atoms with Crippen molar-refractivity contribution in [1.82, 2.24) is 9.88 Å². The molecule has 0 radical (unpaired) electrons. The maximum atomic E-state index is 12.8. The molecule has 2 N–H and O–H groups in total. The zero-order chi connectivity index (χ0) is 12.3. The molecule has 0 spiro atoms. The first kappa shape index (κ1) is 12.5. The maximum Gasteiger partial charge on any atom is 0.141 e. The van der Waals surface area contributed by atoms with Crippen LogP contribution in [0.2, 0.25) is 0 Å². The molecule has 0 aliphatic carbocycles. The number of pyridine rings is 1. The first-order valence-electron chi connectivity index (χ1n) is 6.29. The van der Waals surface area contributed by atoms with E-state index in [0.717, 1.165) is 18.7 Å².